The summed E-state index contributed by atoms with van der Waals surface area (Å²) in [6, 6.07) is 47.2. The predicted molar refractivity (Wildman–Crippen MR) is 223 cm³/mol. The minimum Gasteiger partial charge on any atom is -0.208 e. The van der Waals surface area contributed by atoms with Gasteiger partial charge in [-0.3, -0.25) is 0 Å². The molecule has 4 nitrogen and oxygen atoms in total. The summed E-state index contributed by atoms with van der Waals surface area (Å²) in [7, 11) is 0. The van der Waals surface area contributed by atoms with Crippen molar-refractivity contribution in [3.63, 3.8) is 0 Å². The molecule has 5 aromatic carbocycles. The number of benzene rings is 5. The monoisotopic (exact) mass is 712 g/mol. The van der Waals surface area contributed by atoms with Crippen LogP contribution in [0.15, 0.2) is 151 Å². The molecule has 1 aromatic heterocycles. The summed E-state index contributed by atoms with van der Waals surface area (Å²) in [6.45, 7) is 0. The summed E-state index contributed by atoms with van der Waals surface area (Å²) in [5.41, 5.74) is 14.5. The molecule has 0 saturated heterocycles. The fourth-order valence-corrected chi connectivity index (χ4v) is 8.82. The molecule has 268 valence electrons. The fraction of sp³-hybridized carbons (Fsp3) is 0.216. The number of hydrogen-bond donors (Lipinski definition) is 0. The van der Waals surface area contributed by atoms with Gasteiger partial charge in [-0.25, -0.2) is 15.0 Å². The maximum Gasteiger partial charge on any atom is 0.164 e. The summed E-state index contributed by atoms with van der Waals surface area (Å²) in [5.74, 6) is 2.68. The Morgan fingerprint density at radius 2 is 1.16 bits per heavy atom. The van der Waals surface area contributed by atoms with E-state index in [9.17, 15) is 5.26 Å². The maximum atomic E-state index is 9.62. The van der Waals surface area contributed by atoms with E-state index in [1.54, 1.807) is 0 Å². The van der Waals surface area contributed by atoms with Gasteiger partial charge in [0, 0.05) is 28.5 Å². The van der Waals surface area contributed by atoms with Crippen LogP contribution in [0.2, 0.25) is 0 Å². The Balaban J connectivity index is 1.01. The Hall–Kier alpha value is -6.18. The van der Waals surface area contributed by atoms with Crippen LogP contribution >= 0.6 is 0 Å². The Morgan fingerprint density at radius 1 is 0.527 bits per heavy atom. The Morgan fingerprint density at radius 3 is 1.89 bits per heavy atom. The van der Waals surface area contributed by atoms with Crippen LogP contribution in [0.5, 0.6) is 0 Å². The number of rotatable bonds is 5. The number of nitrogens with zero attached hydrogens (tertiary/aromatic N) is 4. The van der Waals surface area contributed by atoms with E-state index in [0.29, 0.717) is 23.4 Å². The highest BCUT2D eigenvalue weighted by molar-refractivity contribution is 5.82. The van der Waals surface area contributed by atoms with Crippen LogP contribution in [0.3, 0.4) is 0 Å². The lowest BCUT2D eigenvalue weighted by Gasteiger charge is -2.27. The number of fused-ring (bicyclic) bond motifs is 4. The van der Waals surface area contributed by atoms with E-state index in [4.69, 9.17) is 15.0 Å². The summed E-state index contributed by atoms with van der Waals surface area (Å²) in [4.78, 5) is 15.1. The molecule has 0 N–H and O–H groups in total. The van der Waals surface area contributed by atoms with Crippen molar-refractivity contribution in [1.29, 1.82) is 5.26 Å². The average molecular weight is 713 g/mol. The molecular weight excluding hydrogens is 669 g/mol. The fourth-order valence-electron chi connectivity index (χ4n) is 8.82. The average Bonchev–Trinajstić information content (AvgIpc) is 3.30. The molecule has 9 rings (SSSR count). The first kappa shape index (κ1) is 34.6. The van der Waals surface area contributed by atoms with Crippen molar-refractivity contribution >= 4 is 11.1 Å². The van der Waals surface area contributed by atoms with Crippen molar-refractivity contribution in [3.8, 4) is 28.8 Å². The van der Waals surface area contributed by atoms with E-state index in [1.807, 2.05) is 42.5 Å². The van der Waals surface area contributed by atoms with Crippen LogP contribution in [-0.4, -0.2) is 15.0 Å². The number of hydrogen-bond acceptors (Lipinski definition) is 4. The Bertz CT molecular complexity index is 2410. The quantitative estimate of drug-likeness (QED) is 0.178. The minimum atomic E-state index is 0.234. The third-order valence-electron chi connectivity index (χ3n) is 11.7. The van der Waals surface area contributed by atoms with Gasteiger partial charge in [0.15, 0.2) is 17.5 Å². The third-order valence-corrected chi connectivity index (χ3v) is 11.7. The molecule has 0 fully saturated rings. The molecule has 3 aliphatic rings. The largest absolute Gasteiger partial charge is 0.208 e. The molecule has 3 aliphatic carbocycles. The van der Waals surface area contributed by atoms with Crippen LogP contribution in [0.4, 0.5) is 0 Å². The first-order chi connectivity index (χ1) is 27.2. The minimum absolute atomic E-state index is 0.234. The topological polar surface area (TPSA) is 62.5 Å². The highest BCUT2D eigenvalue weighted by Gasteiger charge is 2.27. The lowest BCUT2D eigenvalue weighted by atomic mass is 9.77. The summed E-state index contributed by atoms with van der Waals surface area (Å²) < 4.78 is 0. The van der Waals surface area contributed by atoms with Gasteiger partial charge in [0.05, 0.1) is 11.6 Å². The van der Waals surface area contributed by atoms with Crippen LogP contribution in [0.25, 0.3) is 33.9 Å². The summed E-state index contributed by atoms with van der Waals surface area (Å²) >= 11 is 0. The van der Waals surface area contributed by atoms with Crippen molar-refractivity contribution in [2.75, 3.05) is 0 Å². The molecule has 55 heavy (non-hydrogen) atoms. The number of aromatic nitrogens is 3. The van der Waals surface area contributed by atoms with Gasteiger partial charge in [-0.15, -0.1) is 0 Å². The van der Waals surface area contributed by atoms with E-state index in [2.05, 4.69) is 109 Å². The molecule has 0 spiro atoms. The molecule has 2 unspecified atom stereocenters. The first-order valence-corrected chi connectivity index (χ1v) is 19.9. The molecule has 0 aliphatic heterocycles. The zero-order chi connectivity index (χ0) is 37.0. The van der Waals surface area contributed by atoms with Gasteiger partial charge in [-0.2, -0.15) is 5.26 Å². The van der Waals surface area contributed by atoms with Crippen molar-refractivity contribution in [3.05, 3.63) is 196 Å². The van der Waals surface area contributed by atoms with Crippen LogP contribution in [0, 0.1) is 11.3 Å². The Kier molecular flexibility index (Phi) is 9.84. The van der Waals surface area contributed by atoms with Gasteiger partial charge >= 0.3 is 0 Å². The van der Waals surface area contributed by atoms with E-state index in [-0.39, 0.29) is 5.92 Å². The van der Waals surface area contributed by atoms with Crippen LogP contribution in [-0.2, 0) is 6.42 Å². The van der Waals surface area contributed by atoms with Gasteiger partial charge < -0.3 is 0 Å². The third kappa shape index (κ3) is 7.23. The highest BCUT2D eigenvalue weighted by Crippen LogP contribution is 2.43. The second-order valence-electron chi connectivity index (χ2n) is 15.1. The Labute approximate surface area is 324 Å². The summed E-state index contributed by atoms with van der Waals surface area (Å²) in [5, 5.41) is 9.62. The van der Waals surface area contributed by atoms with Gasteiger partial charge in [0.25, 0.3) is 0 Å². The van der Waals surface area contributed by atoms with Crippen molar-refractivity contribution in [2.24, 2.45) is 0 Å². The van der Waals surface area contributed by atoms with Gasteiger partial charge in [-0.1, -0.05) is 158 Å². The number of allylic oxidation sites excluding steroid dienone is 5. The molecule has 0 radical (unpaired) electrons. The number of aryl methyl sites for hydroxylation is 1. The summed E-state index contributed by atoms with van der Waals surface area (Å²) in [6.07, 6.45) is 17.6. The van der Waals surface area contributed by atoms with Crippen LogP contribution < -0.4 is 0 Å². The lowest BCUT2D eigenvalue weighted by Crippen LogP contribution is -2.12. The van der Waals surface area contributed by atoms with Gasteiger partial charge in [0.1, 0.15) is 0 Å². The standard InChI is InChI=1S/C51H44N4/c52-34-35-22-28-44-41(32-35)18-6-2-1-3-7-19-42-33-40(27-29-45(42)44)36-23-25-37(26-24-36)43-30-31-48(47-21-13-12-20-46(43)47)51-54-49(38-14-8-4-9-15-38)53-50(55-51)39-16-10-5-11-17-39/h4-5,8-17,20-28,31-33,43,45H,1-3,6-7,18-19,29-30H2. The van der Waals surface area contributed by atoms with Crippen LogP contribution in [0.1, 0.15) is 108 Å². The van der Waals surface area contributed by atoms with Gasteiger partial charge in [0.2, 0.25) is 0 Å². The second-order valence-corrected chi connectivity index (χ2v) is 15.1. The van der Waals surface area contributed by atoms with Crippen molar-refractivity contribution in [2.45, 2.75) is 69.6 Å². The maximum absolute atomic E-state index is 9.62. The van der Waals surface area contributed by atoms with E-state index in [0.717, 1.165) is 47.9 Å². The molecule has 6 aromatic rings. The lowest BCUT2D eigenvalue weighted by molar-refractivity contribution is 0.609. The molecule has 0 amide bonds. The normalized spacial score (nSPS) is 18.2. The molecule has 1 heterocycles. The number of nitriles is 1. The zero-order valence-corrected chi connectivity index (χ0v) is 31.2. The second kappa shape index (κ2) is 15.7. The molecule has 0 saturated carbocycles. The molecule has 4 heteroatoms. The first-order valence-electron chi connectivity index (χ1n) is 19.9. The van der Waals surface area contributed by atoms with Crippen molar-refractivity contribution in [1.82, 2.24) is 15.0 Å². The zero-order valence-electron chi connectivity index (χ0n) is 31.2. The molecular formula is C51H44N4. The SMILES string of the molecule is N#Cc1ccc2c(c1)CCCCCCCC1=CC(c3ccc(C4CC=C(c5nc(-c6ccccc6)nc(-c6ccccc6)n5)c5ccccc54)cc3)=CCC12. The van der Waals surface area contributed by atoms with Gasteiger partial charge in [-0.05, 0) is 89.6 Å². The highest BCUT2D eigenvalue weighted by atomic mass is 15.0. The van der Waals surface area contributed by atoms with E-state index in [1.165, 1.54) is 76.6 Å². The smallest absolute Gasteiger partial charge is 0.164 e. The predicted octanol–water partition coefficient (Wildman–Crippen LogP) is 12.4. The molecule has 0 bridgehead atoms. The molecule has 2 atom stereocenters. The van der Waals surface area contributed by atoms with E-state index < -0.39 is 0 Å². The van der Waals surface area contributed by atoms with Crippen molar-refractivity contribution < 1.29 is 0 Å². The van der Waals surface area contributed by atoms with E-state index >= 15 is 0 Å².